The van der Waals surface area contributed by atoms with Crippen LogP contribution in [0.2, 0.25) is 0 Å². The first-order valence-electron chi connectivity index (χ1n) is 6.87. The van der Waals surface area contributed by atoms with Crippen LogP contribution in [0.4, 0.5) is 0 Å². The molecule has 0 aliphatic heterocycles. The zero-order valence-corrected chi connectivity index (χ0v) is 12.8. The quantitative estimate of drug-likeness (QED) is 0.801. The predicted octanol–water partition coefficient (Wildman–Crippen LogP) is 3.56. The second kappa shape index (κ2) is 5.33. The van der Waals surface area contributed by atoms with E-state index in [1.165, 1.54) is 10.4 Å². The van der Waals surface area contributed by atoms with E-state index in [1.807, 2.05) is 10.6 Å². The summed E-state index contributed by atoms with van der Waals surface area (Å²) in [6.07, 6.45) is 2.81. The molecule has 0 amide bonds. The first kappa shape index (κ1) is 13.8. The second-order valence-electron chi connectivity index (χ2n) is 5.01. The van der Waals surface area contributed by atoms with Gasteiger partial charge in [-0.25, -0.2) is 4.98 Å². The van der Waals surface area contributed by atoms with Gasteiger partial charge in [-0.05, 0) is 24.5 Å². The molecule has 0 aliphatic rings. The number of thiazole rings is 1. The van der Waals surface area contributed by atoms with Gasteiger partial charge in [0.1, 0.15) is 0 Å². The van der Waals surface area contributed by atoms with Crippen LogP contribution in [0.3, 0.4) is 0 Å². The Labute approximate surface area is 126 Å². The van der Waals surface area contributed by atoms with Gasteiger partial charge in [-0.1, -0.05) is 31.2 Å². The normalized spacial score (nSPS) is 11.1. The molecule has 0 spiro atoms. The molecule has 5 heteroatoms. The number of carboxylic acids is 1. The molecule has 4 nitrogen and oxygen atoms in total. The van der Waals surface area contributed by atoms with Crippen molar-refractivity contribution in [2.75, 3.05) is 0 Å². The van der Waals surface area contributed by atoms with Gasteiger partial charge >= 0.3 is 5.97 Å². The first-order valence-corrected chi connectivity index (χ1v) is 7.68. The molecular formula is C16H16N2O2S. The van der Waals surface area contributed by atoms with Crippen LogP contribution in [0.15, 0.2) is 30.5 Å². The van der Waals surface area contributed by atoms with Crippen molar-refractivity contribution in [1.29, 1.82) is 0 Å². The third kappa shape index (κ3) is 2.56. The molecule has 21 heavy (non-hydrogen) atoms. The Bertz CT molecular complexity index is 800. The average Bonchev–Trinajstić information content (AvgIpc) is 2.94. The molecule has 0 atom stereocenters. The van der Waals surface area contributed by atoms with Crippen LogP contribution in [0.1, 0.15) is 23.1 Å². The summed E-state index contributed by atoms with van der Waals surface area (Å²) < 4.78 is 2.00. The number of rotatable bonds is 4. The summed E-state index contributed by atoms with van der Waals surface area (Å²) in [6, 6.07) is 8.50. The minimum absolute atomic E-state index is 0.0400. The predicted molar refractivity (Wildman–Crippen MR) is 84.0 cm³/mol. The van der Waals surface area contributed by atoms with E-state index in [0.717, 1.165) is 22.6 Å². The Morgan fingerprint density at radius 3 is 2.67 bits per heavy atom. The molecule has 1 N–H and O–H groups in total. The van der Waals surface area contributed by atoms with E-state index >= 15 is 0 Å². The van der Waals surface area contributed by atoms with E-state index in [4.69, 9.17) is 5.11 Å². The second-order valence-corrected chi connectivity index (χ2v) is 6.19. The fraction of sp³-hybridized carbons (Fsp3) is 0.250. The lowest BCUT2D eigenvalue weighted by Gasteiger charge is -2.03. The van der Waals surface area contributed by atoms with Crippen LogP contribution < -0.4 is 0 Å². The number of aliphatic carboxylic acids is 1. The lowest BCUT2D eigenvalue weighted by Crippen LogP contribution is -1.99. The SMILES string of the molecule is CCc1ccc(-c2c(C)sc3nc(CC(=O)O)cn23)cc1. The van der Waals surface area contributed by atoms with Gasteiger partial charge in [-0.2, -0.15) is 0 Å². The number of carbonyl (C=O) groups is 1. The zero-order valence-electron chi connectivity index (χ0n) is 12.0. The molecule has 1 aromatic carbocycles. The fourth-order valence-corrected chi connectivity index (χ4v) is 3.47. The minimum atomic E-state index is -0.855. The molecule has 0 saturated heterocycles. The van der Waals surface area contributed by atoms with E-state index in [1.54, 1.807) is 11.3 Å². The van der Waals surface area contributed by atoms with Crippen LogP contribution in [0.5, 0.6) is 0 Å². The molecule has 3 aromatic rings. The van der Waals surface area contributed by atoms with Crippen LogP contribution in [0.25, 0.3) is 16.2 Å². The Morgan fingerprint density at radius 1 is 1.33 bits per heavy atom. The van der Waals surface area contributed by atoms with Crippen molar-refractivity contribution in [1.82, 2.24) is 9.38 Å². The maximum atomic E-state index is 10.8. The smallest absolute Gasteiger partial charge is 0.309 e. The Kier molecular flexibility index (Phi) is 3.51. The maximum absolute atomic E-state index is 10.8. The van der Waals surface area contributed by atoms with Crippen molar-refractivity contribution in [3.05, 3.63) is 46.6 Å². The standard InChI is InChI=1S/C16H16N2O2S/c1-3-11-4-6-12(7-5-11)15-10(2)21-16-17-13(8-14(19)20)9-18(15)16/h4-7,9H,3,8H2,1-2H3,(H,19,20). The summed E-state index contributed by atoms with van der Waals surface area (Å²) in [7, 11) is 0. The van der Waals surface area contributed by atoms with Gasteiger partial charge in [0.15, 0.2) is 4.96 Å². The Hall–Kier alpha value is -2.14. The highest BCUT2D eigenvalue weighted by Crippen LogP contribution is 2.31. The summed E-state index contributed by atoms with van der Waals surface area (Å²) in [4.78, 5) is 17.2. The molecule has 0 aliphatic carbocycles. The molecule has 0 fully saturated rings. The number of carboxylic acid groups (broad SMARTS) is 1. The highest BCUT2D eigenvalue weighted by molar-refractivity contribution is 7.17. The van der Waals surface area contributed by atoms with Crippen LogP contribution in [-0.2, 0) is 17.6 Å². The number of imidazole rings is 1. The number of aromatic nitrogens is 2. The first-order chi connectivity index (χ1) is 10.1. The van der Waals surface area contributed by atoms with Gasteiger partial charge in [-0.15, -0.1) is 11.3 Å². The zero-order chi connectivity index (χ0) is 15.0. The lowest BCUT2D eigenvalue weighted by molar-refractivity contribution is -0.136. The van der Waals surface area contributed by atoms with Gasteiger partial charge in [-0.3, -0.25) is 9.20 Å². The summed E-state index contributed by atoms with van der Waals surface area (Å²) in [5.41, 5.74) is 4.14. The largest absolute Gasteiger partial charge is 0.481 e. The van der Waals surface area contributed by atoms with E-state index in [-0.39, 0.29) is 6.42 Å². The van der Waals surface area contributed by atoms with Crippen molar-refractivity contribution in [3.63, 3.8) is 0 Å². The molecule has 0 radical (unpaired) electrons. The van der Waals surface area contributed by atoms with E-state index < -0.39 is 5.97 Å². The van der Waals surface area contributed by atoms with Crippen LogP contribution in [0, 0.1) is 6.92 Å². The lowest BCUT2D eigenvalue weighted by atomic mass is 10.1. The van der Waals surface area contributed by atoms with E-state index in [0.29, 0.717) is 5.69 Å². The number of hydrogen-bond acceptors (Lipinski definition) is 3. The van der Waals surface area contributed by atoms with E-state index in [2.05, 4.69) is 43.1 Å². The molecule has 0 saturated carbocycles. The Morgan fingerprint density at radius 2 is 2.05 bits per heavy atom. The molecule has 108 valence electrons. The van der Waals surface area contributed by atoms with Gasteiger partial charge in [0.2, 0.25) is 0 Å². The summed E-state index contributed by atoms with van der Waals surface area (Å²) in [5, 5.41) is 8.88. The van der Waals surface area contributed by atoms with Crippen LogP contribution in [-0.4, -0.2) is 20.5 Å². The summed E-state index contributed by atoms with van der Waals surface area (Å²) >= 11 is 1.59. The number of hydrogen-bond donors (Lipinski definition) is 1. The van der Waals surface area contributed by atoms with Crippen molar-refractivity contribution in [3.8, 4) is 11.3 Å². The Balaban J connectivity index is 2.09. The van der Waals surface area contributed by atoms with Gasteiger partial charge in [0, 0.05) is 11.1 Å². The number of fused-ring (bicyclic) bond motifs is 1. The monoisotopic (exact) mass is 300 g/mol. The number of aryl methyl sites for hydroxylation is 2. The number of benzene rings is 1. The van der Waals surface area contributed by atoms with Gasteiger partial charge in [0.25, 0.3) is 0 Å². The maximum Gasteiger partial charge on any atom is 0.309 e. The third-order valence-electron chi connectivity index (χ3n) is 3.51. The highest BCUT2D eigenvalue weighted by Gasteiger charge is 2.15. The fourth-order valence-electron chi connectivity index (χ4n) is 2.48. The molecule has 2 heterocycles. The van der Waals surface area contributed by atoms with Gasteiger partial charge < -0.3 is 5.11 Å². The minimum Gasteiger partial charge on any atom is -0.481 e. The van der Waals surface area contributed by atoms with Crippen LogP contribution >= 0.6 is 11.3 Å². The summed E-state index contributed by atoms with van der Waals surface area (Å²) in [6.45, 7) is 4.20. The summed E-state index contributed by atoms with van der Waals surface area (Å²) in [5.74, 6) is -0.855. The number of nitrogens with zero attached hydrogens (tertiary/aromatic N) is 2. The van der Waals surface area contributed by atoms with Gasteiger partial charge in [0.05, 0.1) is 17.8 Å². The van der Waals surface area contributed by atoms with Crippen molar-refractivity contribution >= 4 is 22.3 Å². The van der Waals surface area contributed by atoms with Crippen molar-refractivity contribution < 1.29 is 9.90 Å². The topological polar surface area (TPSA) is 54.6 Å². The average molecular weight is 300 g/mol. The molecule has 3 rings (SSSR count). The molecular weight excluding hydrogens is 284 g/mol. The molecule has 2 aromatic heterocycles. The molecule has 0 unspecified atom stereocenters. The van der Waals surface area contributed by atoms with E-state index in [9.17, 15) is 4.79 Å². The molecule has 0 bridgehead atoms. The third-order valence-corrected chi connectivity index (χ3v) is 4.48. The van der Waals surface area contributed by atoms with Crippen molar-refractivity contribution in [2.45, 2.75) is 26.7 Å². The highest BCUT2D eigenvalue weighted by atomic mass is 32.1. The van der Waals surface area contributed by atoms with Crippen molar-refractivity contribution in [2.24, 2.45) is 0 Å².